The molecule has 1 aromatic rings. The molecule has 1 heterocycles. The Bertz CT molecular complexity index is 473. The van der Waals surface area contributed by atoms with Crippen LogP contribution < -0.4 is 10.6 Å². The summed E-state index contributed by atoms with van der Waals surface area (Å²) in [5.74, 6) is 0.0991. The van der Waals surface area contributed by atoms with Crippen LogP contribution in [0.2, 0.25) is 10.0 Å². The van der Waals surface area contributed by atoms with Gasteiger partial charge in [0.1, 0.15) is 0 Å². The highest BCUT2D eigenvalue weighted by molar-refractivity contribution is 6.35. The number of halogens is 2. The van der Waals surface area contributed by atoms with Crippen LogP contribution in [0.4, 0.5) is 0 Å². The molecule has 0 aliphatic carbocycles. The second-order valence-electron chi connectivity index (χ2n) is 5.41. The van der Waals surface area contributed by atoms with Gasteiger partial charge < -0.3 is 10.6 Å². The van der Waals surface area contributed by atoms with Crippen molar-refractivity contribution in [2.45, 2.75) is 44.7 Å². The first-order valence-electron chi connectivity index (χ1n) is 7.01. The van der Waals surface area contributed by atoms with Gasteiger partial charge in [-0.05, 0) is 50.4 Å². The standard InChI is InChI=1S/C15H20Cl2N2O/c1-10(7-11-4-5-12(16)8-14(11)17)19-15(20)9-13-3-2-6-18-13/h4-5,8,10,13,18H,2-3,6-7,9H2,1H3,(H,19,20). The monoisotopic (exact) mass is 314 g/mol. The Balaban J connectivity index is 1.82. The van der Waals surface area contributed by atoms with Gasteiger partial charge in [0, 0.05) is 28.5 Å². The van der Waals surface area contributed by atoms with Gasteiger partial charge in [0.25, 0.3) is 0 Å². The normalized spacial score (nSPS) is 19.9. The van der Waals surface area contributed by atoms with Crippen LogP contribution in [0.15, 0.2) is 18.2 Å². The third-order valence-corrected chi connectivity index (χ3v) is 4.13. The number of hydrogen-bond acceptors (Lipinski definition) is 2. The van der Waals surface area contributed by atoms with Crippen LogP contribution in [0.1, 0.15) is 31.7 Å². The molecule has 0 spiro atoms. The molecule has 2 rings (SSSR count). The SMILES string of the molecule is CC(Cc1ccc(Cl)cc1Cl)NC(=O)CC1CCCN1. The predicted molar refractivity (Wildman–Crippen MR) is 83.4 cm³/mol. The third-order valence-electron chi connectivity index (χ3n) is 3.54. The van der Waals surface area contributed by atoms with Crippen LogP contribution in [0.5, 0.6) is 0 Å². The molecule has 2 atom stereocenters. The fourth-order valence-corrected chi connectivity index (χ4v) is 3.04. The second kappa shape index (κ2) is 7.30. The van der Waals surface area contributed by atoms with Crippen molar-refractivity contribution in [2.24, 2.45) is 0 Å². The highest BCUT2D eigenvalue weighted by atomic mass is 35.5. The minimum absolute atomic E-state index is 0.0579. The largest absolute Gasteiger partial charge is 0.353 e. The smallest absolute Gasteiger partial charge is 0.221 e. The molecule has 2 N–H and O–H groups in total. The predicted octanol–water partition coefficient (Wildman–Crippen LogP) is 3.18. The number of benzene rings is 1. The van der Waals surface area contributed by atoms with Gasteiger partial charge >= 0.3 is 0 Å². The van der Waals surface area contributed by atoms with Gasteiger partial charge in [0.15, 0.2) is 0 Å². The summed E-state index contributed by atoms with van der Waals surface area (Å²) in [6.45, 7) is 3.01. The molecule has 110 valence electrons. The zero-order valence-corrected chi connectivity index (χ0v) is 13.1. The lowest BCUT2D eigenvalue weighted by Gasteiger charge is -2.17. The van der Waals surface area contributed by atoms with Crippen molar-refractivity contribution < 1.29 is 4.79 Å². The summed E-state index contributed by atoms with van der Waals surface area (Å²) in [6.07, 6.45) is 3.51. The Labute approximate surface area is 130 Å². The molecule has 3 nitrogen and oxygen atoms in total. The summed E-state index contributed by atoms with van der Waals surface area (Å²) >= 11 is 12.0. The molecule has 1 aromatic carbocycles. The van der Waals surface area contributed by atoms with E-state index in [1.54, 1.807) is 6.07 Å². The van der Waals surface area contributed by atoms with E-state index in [1.165, 1.54) is 0 Å². The minimum Gasteiger partial charge on any atom is -0.353 e. The van der Waals surface area contributed by atoms with Crippen molar-refractivity contribution in [1.82, 2.24) is 10.6 Å². The first-order chi connectivity index (χ1) is 9.54. The quantitative estimate of drug-likeness (QED) is 0.876. The van der Waals surface area contributed by atoms with E-state index >= 15 is 0 Å². The molecule has 1 saturated heterocycles. The van der Waals surface area contributed by atoms with Crippen LogP contribution in [0.3, 0.4) is 0 Å². The Hall–Kier alpha value is -0.770. The van der Waals surface area contributed by atoms with Crippen LogP contribution in [-0.2, 0) is 11.2 Å². The molecule has 5 heteroatoms. The van der Waals surface area contributed by atoms with Crippen LogP contribution in [0.25, 0.3) is 0 Å². The summed E-state index contributed by atoms with van der Waals surface area (Å²) in [6, 6.07) is 5.85. The summed E-state index contributed by atoms with van der Waals surface area (Å²) in [7, 11) is 0. The Morgan fingerprint density at radius 1 is 1.50 bits per heavy atom. The summed E-state index contributed by atoms with van der Waals surface area (Å²) in [5.41, 5.74) is 1.00. The maximum atomic E-state index is 11.9. The number of hydrogen-bond donors (Lipinski definition) is 2. The molecule has 1 amide bonds. The first-order valence-corrected chi connectivity index (χ1v) is 7.77. The summed E-state index contributed by atoms with van der Waals surface area (Å²) in [5, 5.41) is 7.63. The maximum absolute atomic E-state index is 11.9. The minimum atomic E-state index is 0.0579. The van der Waals surface area contributed by atoms with Gasteiger partial charge in [0.05, 0.1) is 0 Å². The number of amides is 1. The molecule has 2 unspecified atom stereocenters. The van der Waals surface area contributed by atoms with Crippen molar-refractivity contribution in [3.05, 3.63) is 33.8 Å². The van der Waals surface area contributed by atoms with E-state index in [-0.39, 0.29) is 11.9 Å². The molecule has 1 aliphatic rings. The highest BCUT2D eigenvalue weighted by Crippen LogP contribution is 2.22. The van der Waals surface area contributed by atoms with E-state index in [1.807, 2.05) is 19.1 Å². The van der Waals surface area contributed by atoms with E-state index in [2.05, 4.69) is 10.6 Å². The average Bonchev–Trinajstić information content (AvgIpc) is 2.85. The number of carbonyl (C=O) groups is 1. The fourth-order valence-electron chi connectivity index (χ4n) is 2.56. The Morgan fingerprint density at radius 2 is 2.30 bits per heavy atom. The van der Waals surface area contributed by atoms with Crippen LogP contribution in [0, 0.1) is 0 Å². The molecule has 1 fully saturated rings. The van der Waals surface area contributed by atoms with Crippen LogP contribution in [-0.4, -0.2) is 24.5 Å². The number of nitrogens with one attached hydrogen (secondary N) is 2. The average molecular weight is 315 g/mol. The molecule has 0 aromatic heterocycles. The molecule has 0 bridgehead atoms. The summed E-state index contributed by atoms with van der Waals surface area (Å²) < 4.78 is 0. The lowest BCUT2D eigenvalue weighted by atomic mass is 10.1. The second-order valence-corrected chi connectivity index (χ2v) is 6.25. The van der Waals surface area contributed by atoms with E-state index < -0.39 is 0 Å². The zero-order valence-electron chi connectivity index (χ0n) is 11.6. The Kier molecular flexibility index (Phi) is 5.70. The van der Waals surface area contributed by atoms with E-state index in [9.17, 15) is 4.79 Å². The Morgan fingerprint density at radius 3 is 2.95 bits per heavy atom. The van der Waals surface area contributed by atoms with Crippen molar-refractivity contribution in [2.75, 3.05) is 6.54 Å². The van der Waals surface area contributed by atoms with E-state index in [4.69, 9.17) is 23.2 Å². The van der Waals surface area contributed by atoms with Gasteiger partial charge in [0.2, 0.25) is 5.91 Å². The lowest BCUT2D eigenvalue weighted by molar-refractivity contribution is -0.122. The molecule has 1 aliphatic heterocycles. The van der Waals surface area contributed by atoms with Gasteiger partial charge in [-0.2, -0.15) is 0 Å². The fraction of sp³-hybridized carbons (Fsp3) is 0.533. The van der Waals surface area contributed by atoms with Gasteiger partial charge in [-0.15, -0.1) is 0 Å². The van der Waals surface area contributed by atoms with E-state index in [0.717, 1.165) is 24.9 Å². The molecular formula is C15H20Cl2N2O. The van der Waals surface area contributed by atoms with Crippen molar-refractivity contribution in [1.29, 1.82) is 0 Å². The molecule has 0 saturated carbocycles. The van der Waals surface area contributed by atoms with Crippen molar-refractivity contribution in [3.63, 3.8) is 0 Å². The van der Waals surface area contributed by atoms with Gasteiger partial charge in [-0.3, -0.25) is 4.79 Å². The topological polar surface area (TPSA) is 41.1 Å². The lowest BCUT2D eigenvalue weighted by Crippen LogP contribution is -2.37. The maximum Gasteiger partial charge on any atom is 0.221 e. The van der Waals surface area contributed by atoms with E-state index in [0.29, 0.717) is 28.9 Å². The van der Waals surface area contributed by atoms with Gasteiger partial charge in [-0.25, -0.2) is 0 Å². The number of carbonyl (C=O) groups excluding carboxylic acids is 1. The molecular weight excluding hydrogens is 295 g/mol. The molecule has 0 radical (unpaired) electrons. The van der Waals surface area contributed by atoms with Gasteiger partial charge in [-0.1, -0.05) is 29.3 Å². The summed E-state index contributed by atoms with van der Waals surface area (Å²) in [4.78, 5) is 11.9. The number of rotatable bonds is 5. The van der Waals surface area contributed by atoms with Crippen molar-refractivity contribution >= 4 is 29.1 Å². The van der Waals surface area contributed by atoms with Crippen molar-refractivity contribution in [3.8, 4) is 0 Å². The first kappa shape index (κ1) is 15.6. The molecule has 20 heavy (non-hydrogen) atoms. The highest BCUT2D eigenvalue weighted by Gasteiger charge is 2.18. The van der Waals surface area contributed by atoms with Crippen LogP contribution >= 0.6 is 23.2 Å². The third kappa shape index (κ3) is 4.65. The zero-order chi connectivity index (χ0) is 14.5.